The molecule has 0 spiro atoms. The Labute approximate surface area is 319 Å². The number of aryl methyl sites for hydroxylation is 1. The number of sulfonamides is 1. The molecule has 2 N–H and O–H groups in total. The Bertz CT molecular complexity index is 1460. The number of hydrogen-bond acceptors (Lipinski definition) is 7. The van der Waals surface area contributed by atoms with Crippen LogP contribution >= 0.6 is 0 Å². The van der Waals surface area contributed by atoms with E-state index >= 15 is 0 Å². The Hall–Kier alpha value is -0.777. The number of carboxylic acid groups (broad SMARTS) is 1. The summed E-state index contributed by atoms with van der Waals surface area (Å²) in [5.74, 6) is -0.632. The molecular formula is C28H29K2NO8S. The summed E-state index contributed by atoms with van der Waals surface area (Å²) in [5, 5.41) is 9.39. The second-order valence-electron chi connectivity index (χ2n) is 9.18. The van der Waals surface area contributed by atoms with Crippen LogP contribution in [0.2, 0.25) is 0 Å². The van der Waals surface area contributed by atoms with Crippen molar-refractivity contribution in [2.45, 2.75) is 50.5 Å². The molecule has 0 aromatic heterocycles. The van der Waals surface area contributed by atoms with E-state index in [0.29, 0.717) is 35.5 Å². The third kappa shape index (κ3) is 8.63. The van der Waals surface area contributed by atoms with Gasteiger partial charge in [-0.3, -0.25) is 4.79 Å². The average molecular weight is 618 g/mol. The van der Waals surface area contributed by atoms with Gasteiger partial charge in [0.1, 0.15) is 5.75 Å². The Balaban J connectivity index is 0.00000280. The van der Waals surface area contributed by atoms with E-state index in [1.807, 2.05) is 20.8 Å². The first kappa shape index (κ1) is 35.4. The molecular weight excluding hydrogens is 589 g/mol. The molecule has 1 amide bonds. The normalized spacial score (nSPS) is 12.6. The largest absolute Gasteiger partial charge is 0.478 e. The number of nitrogens with one attached hydrogen (secondary N) is 1. The van der Waals surface area contributed by atoms with E-state index in [1.54, 1.807) is 30.3 Å². The Morgan fingerprint density at radius 1 is 0.950 bits per heavy atom. The number of carbonyl (C=O) groups excluding carboxylic acids is 1. The molecule has 202 valence electrons. The Morgan fingerprint density at radius 3 is 2.23 bits per heavy atom. The van der Waals surface area contributed by atoms with E-state index in [0.717, 1.165) is 5.56 Å². The van der Waals surface area contributed by atoms with Crippen LogP contribution in [0.3, 0.4) is 0 Å². The van der Waals surface area contributed by atoms with Gasteiger partial charge in [-0.25, -0.2) is 17.9 Å². The van der Waals surface area contributed by atoms with Gasteiger partial charge in [0.15, 0.2) is 11.5 Å². The standard InChI is InChI=1S/C28H29NO8S.2K/c1-4-5-19-14-21(28(31)32)9-12-23(19)37-26(20-8-13-24-25(15-20)36-16-35-24)27(30)29-38(33,34)22-10-6-18(7-11-22)17(2)3;;/h6-15,17,26H,4-5,16H2,1-3H3,(H,29,30)(H,31,32);;. The zero-order valence-electron chi connectivity index (χ0n) is 23.3. The SMILES string of the molecule is CCCc1cc(C(=O)O)ccc1OC(C(=O)NS(=O)(=O)c1ccc(C(C)C)cc1)c1ccc2c(c1)OCO2.[K].[K]. The molecule has 40 heavy (non-hydrogen) atoms. The number of fused-ring (bicyclic) bond motifs is 1. The molecule has 1 aliphatic heterocycles. The fourth-order valence-electron chi connectivity index (χ4n) is 4.05. The van der Waals surface area contributed by atoms with Gasteiger partial charge in [0.05, 0.1) is 10.5 Å². The summed E-state index contributed by atoms with van der Waals surface area (Å²) < 4.78 is 45.2. The van der Waals surface area contributed by atoms with Crippen molar-refractivity contribution in [1.82, 2.24) is 4.72 Å². The van der Waals surface area contributed by atoms with E-state index in [4.69, 9.17) is 14.2 Å². The third-order valence-corrected chi connectivity index (χ3v) is 7.46. The van der Waals surface area contributed by atoms with Gasteiger partial charge < -0.3 is 19.3 Å². The number of amides is 1. The minimum Gasteiger partial charge on any atom is -0.478 e. The Kier molecular flexibility index (Phi) is 13.8. The monoisotopic (exact) mass is 617 g/mol. The molecule has 4 rings (SSSR count). The maximum absolute atomic E-state index is 13.5. The quantitative estimate of drug-likeness (QED) is 0.326. The van der Waals surface area contributed by atoms with Gasteiger partial charge in [0.25, 0.3) is 15.9 Å². The van der Waals surface area contributed by atoms with Crippen molar-refractivity contribution >= 4 is 125 Å². The summed E-state index contributed by atoms with van der Waals surface area (Å²) in [4.78, 5) is 24.9. The van der Waals surface area contributed by atoms with Crippen molar-refractivity contribution < 1.29 is 37.3 Å². The summed E-state index contributed by atoms with van der Waals surface area (Å²) in [6.07, 6.45) is -0.200. The minimum atomic E-state index is -4.21. The number of carbonyl (C=O) groups is 2. The topological polar surface area (TPSA) is 128 Å². The maximum atomic E-state index is 13.5. The van der Waals surface area contributed by atoms with Gasteiger partial charge in [0, 0.05) is 108 Å². The van der Waals surface area contributed by atoms with Crippen molar-refractivity contribution in [3.63, 3.8) is 0 Å². The first-order valence-electron chi connectivity index (χ1n) is 12.2. The summed E-state index contributed by atoms with van der Waals surface area (Å²) in [6.45, 7) is 5.94. The molecule has 1 heterocycles. The van der Waals surface area contributed by atoms with Gasteiger partial charge in [-0.2, -0.15) is 0 Å². The van der Waals surface area contributed by atoms with Crippen LogP contribution < -0.4 is 18.9 Å². The summed E-state index contributed by atoms with van der Waals surface area (Å²) in [7, 11) is -4.21. The molecule has 1 unspecified atom stereocenters. The van der Waals surface area contributed by atoms with E-state index in [9.17, 15) is 23.1 Å². The molecule has 3 aromatic carbocycles. The van der Waals surface area contributed by atoms with Crippen LogP contribution in [-0.2, 0) is 21.2 Å². The number of ether oxygens (including phenoxy) is 3. The van der Waals surface area contributed by atoms with Crippen LogP contribution in [0.25, 0.3) is 0 Å². The summed E-state index contributed by atoms with van der Waals surface area (Å²) in [5.41, 5.74) is 1.96. The van der Waals surface area contributed by atoms with Gasteiger partial charge in [-0.15, -0.1) is 0 Å². The molecule has 3 aromatic rings. The predicted octanol–water partition coefficient (Wildman–Crippen LogP) is 4.05. The molecule has 0 saturated heterocycles. The van der Waals surface area contributed by atoms with Crippen molar-refractivity contribution in [2.75, 3.05) is 6.79 Å². The van der Waals surface area contributed by atoms with Gasteiger partial charge >= 0.3 is 5.97 Å². The van der Waals surface area contributed by atoms with Crippen LogP contribution in [0, 0.1) is 0 Å². The van der Waals surface area contributed by atoms with Crippen LogP contribution in [0.4, 0.5) is 0 Å². The number of aromatic carboxylic acids is 1. The van der Waals surface area contributed by atoms with Crippen molar-refractivity contribution in [3.8, 4) is 17.2 Å². The molecule has 2 radical (unpaired) electrons. The first-order chi connectivity index (χ1) is 18.1. The average Bonchev–Trinajstić information content (AvgIpc) is 3.35. The smallest absolute Gasteiger partial charge is 0.335 e. The first-order valence-corrected chi connectivity index (χ1v) is 13.7. The molecule has 0 aliphatic carbocycles. The summed E-state index contributed by atoms with van der Waals surface area (Å²) in [6, 6.07) is 15.4. The van der Waals surface area contributed by atoms with Crippen LogP contribution in [0.15, 0.2) is 65.6 Å². The zero-order valence-corrected chi connectivity index (χ0v) is 30.3. The van der Waals surface area contributed by atoms with E-state index < -0.39 is 28.0 Å². The van der Waals surface area contributed by atoms with Crippen LogP contribution in [0.5, 0.6) is 17.2 Å². The number of carboxylic acids is 1. The van der Waals surface area contributed by atoms with E-state index in [-0.39, 0.29) is 132 Å². The predicted molar refractivity (Wildman–Crippen MR) is 151 cm³/mol. The van der Waals surface area contributed by atoms with Gasteiger partial charge in [-0.05, 0) is 65.9 Å². The zero-order chi connectivity index (χ0) is 27.4. The van der Waals surface area contributed by atoms with Crippen LogP contribution in [0.1, 0.15) is 66.3 Å². The second-order valence-corrected chi connectivity index (χ2v) is 10.9. The maximum Gasteiger partial charge on any atom is 0.335 e. The summed E-state index contributed by atoms with van der Waals surface area (Å²) >= 11 is 0. The number of hydrogen-bond donors (Lipinski definition) is 2. The Morgan fingerprint density at radius 2 is 1.60 bits per heavy atom. The third-order valence-electron chi connectivity index (χ3n) is 6.10. The number of rotatable bonds is 10. The molecule has 1 aliphatic rings. The van der Waals surface area contributed by atoms with Gasteiger partial charge in [-0.1, -0.05) is 45.4 Å². The minimum absolute atomic E-state index is 0. The fourth-order valence-corrected chi connectivity index (χ4v) is 5.03. The molecule has 0 bridgehead atoms. The molecule has 1 atom stereocenters. The van der Waals surface area contributed by atoms with Crippen molar-refractivity contribution in [3.05, 3.63) is 82.9 Å². The molecule has 9 nitrogen and oxygen atoms in total. The molecule has 0 fully saturated rings. The second kappa shape index (κ2) is 15.6. The molecule has 12 heteroatoms. The fraction of sp³-hybridized carbons (Fsp3) is 0.286. The van der Waals surface area contributed by atoms with Crippen LogP contribution in [-0.4, -0.2) is 135 Å². The van der Waals surface area contributed by atoms with Crippen molar-refractivity contribution in [2.24, 2.45) is 0 Å². The van der Waals surface area contributed by atoms with E-state index in [2.05, 4.69) is 4.72 Å². The molecule has 0 saturated carbocycles. The van der Waals surface area contributed by atoms with Crippen molar-refractivity contribution in [1.29, 1.82) is 0 Å². The number of benzene rings is 3. The van der Waals surface area contributed by atoms with E-state index in [1.165, 1.54) is 30.3 Å². The van der Waals surface area contributed by atoms with Gasteiger partial charge in [0.2, 0.25) is 12.9 Å².